The molecule has 0 radical (unpaired) electrons. The first kappa shape index (κ1) is 10.2. The minimum Gasteiger partial charge on any atom is -0.396 e. The molecule has 0 amide bonds. The minimum atomic E-state index is -0.292. The maximum absolute atomic E-state index is 9.74. The minimum absolute atomic E-state index is 0.0716. The molecule has 82 valence electrons. The number of hydrogen-bond donors (Lipinski definition) is 3. The van der Waals surface area contributed by atoms with Gasteiger partial charge in [0.2, 0.25) is 5.95 Å². The molecule has 0 aliphatic heterocycles. The van der Waals surface area contributed by atoms with Crippen LogP contribution in [0, 0.1) is 0 Å². The van der Waals surface area contributed by atoms with Gasteiger partial charge in [-0.25, -0.2) is 9.97 Å². The van der Waals surface area contributed by atoms with E-state index in [4.69, 9.17) is 5.73 Å². The molecule has 1 saturated carbocycles. The first-order chi connectivity index (χ1) is 7.25. The third-order valence-corrected chi connectivity index (χ3v) is 2.72. The molecule has 2 unspecified atom stereocenters. The van der Waals surface area contributed by atoms with E-state index in [-0.39, 0.29) is 12.1 Å². The molecule has 1 aliphatic rings. The molecule has 0 spiro atoms. The van der Waals surface area contributed by atoms with E-state index in [9.17, 15) is 5.11 Å². The molecule has 1 aromatic heterocycles. The monoisotopic (exact) mass is 208 g/mol. The topological polar surface area (TPSA) is 84.1 Å². The Hall–Kier alpha value is -1.36. The fraction of sp³-hybridized carbons (Fsp3) is 0.600. The Bertz CT molecular complexity index is 314. The van der Waals surface area contributed by atoms with Crippen LogP contribution in [-0.4, -0.2) is 27.2 Å². The van der Waals surface area contributed by atoms with Crippen LogP contribution in [-0.2, 0) is 0 Å². The molecular formula is C10H16N4O. The summed E-state index contributed by atoms with van der Waals surface area (Å²) >= 11 is 0. The second-order valence-corrected chi connectivity index (χ2v) is 3.94. The summed E-state index contributed by atoms with van der Waals surface area (Å²) in [6.45, 7) is 0. The van der Waals surface area contributed by atoms with Gasteiger partial charge in [-0.2, -0.15) is 0 Å². The van der Waals surface area contributed by atoms with Crippen molar-refractivity contribution in [2.24, 2.45) is 0 Å². The Kier molecular flexibility index (Phi) is 3.01. The van der Waals surface area contributed by atoms with Crippen molar-refractivity contribution < 1.29 is 5.11 Å². The number of rotatable bonds is 2. The number of nitrogens with zero attached hydrogens (tertiary/aromatic N) is 2. The van der Waals surface area contributed by atoms with Gasteiger partial charge in [-0.15, -0.1) is 0 Å². The zero-order valence-electron chi connectivity index (χ0n) is 8.56. The van der Waals surface area contributed by atoms with Crippen LogP contribution in [0.1, 0.15) is 25.7 Å². The lowest BCUT2D eigenvalue weighted by molar-refractivity contribution is 0.116. The highest BCUT2D eigenvalue weighted by molar-refractivity contribution is 5.36. The molecule has 0 aromatic carbocycles. The summed E-state index contributed by atoms with van der Waals surface area (Å²) in [6, 6.07) is 0.0716. The van der Waals surface area contributed by atoms with E-state index in [0.717, 1.165) is 25.7 Å². The Balaban J connectivity index is 1.98. The van der Waals surface area contributed by atoms with Gasteiger partial charge in [0, 0.05) is 0 Å². The summed E-state index contributed by atoms with van der Waals surface area (Å²) in [7, 11) is 0. The van der Waals surface area contributed by atoms with Gasteiger partial charge < -0.3 is 16.2 Å². The first-order valence-corrected chi connectivity index (χ1v) is 5.28. The number of nitrogen functional groups attached to an aromatic ring is 1. The van der Waals surface area contributed by atoms with Crippen molar-refractivity contribution in [3.8, 4) is 0 Å². The molecule has 1 aromatic rings. The van der Waals surface area contributed by atoms with Gasteiger partial charge in [0.05, 0.1) is 30.2 Å². The number of hydrogen-bond acceptors (Lipinski definition) is 5. The van der Waals surface area contributed by atoms with E-state index >= 15 is 0 Å². The second kappa shape index (κ2) is 4.44. The van der Waals surface area contributed by atoms with Crippen LogP contribution in [0.3, 0.4) is 0 Å². The van der Waals surface area contributed by atoms with E-state index < -0.39 is 0 Å². The summed E-state index contributed by atoms with van der Waals surface area (Å²) in [5.41, 5.74) is 6.03. The molecule has 5 nitrogen and oxygen atoms in total. The summed E-state index contributed by atoms with van der Waals surface area (Å²) in [6.07, 6.45) is 6.89. The predicted molar refractivity (Wildman–Crippen MR) is 58.3 cm³/mol. The van der Waals surface area contributed by atoms with Crippen LogP contribution in [0.4, 0.5) is 11.6 Å². The van der Waals surface area contributed by atoms with Crippen LogP contribution >= 0.6 is 0 Å². The predicted octanol–water partition coefficient (Wildman–Crippen LogP) is 0.774. The lowest BCUT2D eigenvalue weighted by Crippen LogP contribution is -2.36. The molecular weight excluding hydrogens is 192 g/mol. The zero-order chi connectivity index (χ0) is 10.7. The molecule has 4 N–H and O–H groups in total. The van der Waals surface area contributed by atoms with Crippen LogP contribution < -0.4 is 11.1 Å². The van der Waals surface area contributed by atoms with E-state index in [0.29, 0.717) is 11.6 Å². The third kappa shape index (κ3) is 2.56. The van der Waals surface area contributed by atoms with Crippen molar-refractivity contribution in [2.45, 2.75) is 37.8 Å². The smallest absolute Gasteiger partial charge is 0.223 e. The fourth-order valence-electron chi connectivity index (χ4n) is 1.86. The molecule has 2 atom stereocenters. The number of aromatic nitrogens is 2. The van der Waals surface area contributed by atoms with Crippen LogP contribution in [0.5, 0.6) is 0 Å². The maximum atomic E-state index is 9.74. The molecule has 1 aliphatic carbocycles. The largest absolute Gasteiger partial charge is 0.396 e. The Labute approximate surface area is 88.7 Å². The number of aliphatic hydroxyl groups excluding tert-OH is 1. The summed E-state index contributed by atoms with van der Waals surface area (Å²) in [5.74, 6) is 0.537. The number of anilines is 2. The quantitative estimate of drug-likeness (QED) is 0.668. The average molecular weight is 208 g/mol. The molecule has 0 saturated heterocycles. The SMILES string of the molecule is Nc1cnc(NC2CCCCC2O)nc1. The maximum Gasteiger partial charge on any atom is 0.223 e. The zero-order valence-corrected chi connectivity index (χ0v) is 8.56. The van der Waals surface area contributed by atoms with Crippen molar-refractivity contribution in [1.82, 2.24) is 9.97 Å². The Morgan fingerprint density at radius 2 is 1.93 bits per heavy atom. The van der Waals surface area contributed by atoms with Gasteiger partial charge in [-0.3, -0.25) is 0 Å². The summed E-state index contributed by atoms with van der Waals surface area (Å²) in [5, 5.41) is 12.9. The van der Waals surface area contributed by atoms with Gasteiger partial charge in [0.1, 0.15) is 0 Å². The van der Waals surface area contributed by atoms with Gasteiger partial charge in [0.15, 0.2) is 0 Å². The van der Waals surface area contributed by atoms with Crippen molar-refractivity contribution in [3.63, 3.8) is 0 Å². The van der Waals surface area contributed by atoms with Crippen molar-refractivity contribution >= 4 is 11.6 Å². The van der Waals surface area contributed by atoms with Gasteiger partial charge in [0.25, 0.3) is 0 Å². The Morgan fingerprint density at radius 1 is 1.27 bits per heavy atom. The highest BCUT2D eigenvalue weighted by Gasteiger charge is 2.23. The van der Waals surface area contributed by atoms with Crippen LogP contribution in [0.2, 0.25) is 0 Å². The second-order valence-electron chi connectivity index (χ2n) is 3.94. The molecule has 2 rings (SSSR count). The van der Waals surface area contributed by atoms with Gasteiger partial charge in [-0.05, 0) is 12.8 Å². The standard InChI is InChI=1S/C10H16N4O/c11-7-5-12-10(13-6-7)14-8-3-1-2-4-9(8)15/h5-6,8-9,15H,1-4,11H2,(H,12,13,14). The van der Waals surface area contributed by atoms with Crippen LogP contribution in [0.25, 0.3) is 0 Å². The van der Waals surface area contributed by atoms with E-state index in [1.165, 1.54) is 0 Å². The summed E-state index contributed by atoms with van der Waals surface area (Å²) < 4.78 is 0. The molecule has 1 heterocycles. The van der Waals surface area contributed by atoms with E-state index in [1.807, 2.05) is 0 Å². The average Bonchev–Trinajstić information content (AvgIpc) is 2.25. The third-order valence-electron chi connectivity index (χ3n) is 2.72. The highest BCUT2D eigenvalue weighted by atomic mass is 16.3. The lowest BCUT2D eigenvalue weighted by Gasteiger charge is -2.28. The van der Waals surface area contributed by atoms with Crippen molar-refractivity contribution in [2.75, 3.05) is 11.1 Å². The molecule has 0 bridgehead atoms. The summed E-state index contributed by atoms with van der Waals surface area (Å²) in [4.78, 5) is 8.10. The fourth-order valence-corrected chi connectivity index (χ4v) is 1.86. The van der Waals surface area contributed by atoms with Crippen LogP contribution in [0.15, 0.2) is 12.4 Å². The van der Waals surface area contributed by atoms with Crippen molar-refractivity contribution in [3.05, 3.63) is 12.4 Å². The number of nitrogens with one attached hydrogen (secondary N) is 1. The molecule has 15 heavy (non-hydrogen) atoms. The number of aliphatic hydroxyl groups is 1. The highest BCUT2D eigenvalue weighted by Crippen LogP contribution is 2.20. The van der Waals surface area contributed by atoms with E-state index in [2.05, 4.69) is 15.3 Å². The number of nitrogens with two attached hydrogens (primary N) is 1. The first-order valence-electron chi connectivity index (χ1n) is 5.28. The van der Waals surface area contributed by atoms with Gasteiger partial charge >= 0.3 is 0 Å². The van der Waals surface area contributed by atoms with E-state index in [1.54, 1.807) is 12.4 Å². The lowest BCUT2D eigenvalue weighted by atomic mass is 9.93. The molecule has 1 fully saturated rings. The van der Waals surface area contributed by atoms with Crippen molar-refractivity contribution in [1.29, 1.82) is 0 Å². The van der Waals surface area contributed by atoms with Gasteiger partial charge in [-0.1, -0.05) is 12.8 Å². The normalized spacial score (nSPS) is 26.2. The molecule has 5 heteroatoms. The Morgan fingerprint density at radius 3 is 2.60 bits per heavy atom.